The smallest absolute Gasteiger partial charge is 0.435 e. The maximum atomic E-state index is 13.2. The molecule has 0 spiro atoms. The normalized spacial score (nSPS) is 14.4. The maximum Gasteiger partial charge on any atom is 0.435 e. The van der Waals surface area contributed by atoms with Crippen molar-refractivity contribution in [3.05, 3.63) is 88.0 Å². The molecule has 40 heavy (non-hydrogen) atoms. The minimum atomic E-state index is -4.53. The molecular formula is C28H24F3N7O2. The van der Waals surface area contributed by atoms with Crippen molar-refractivity contribution in [2.45, 2.75) is 44.8 Å². The Labute approximate surface area is 226 Å². The molecule has 0 unspecified atom stereocenters. The minimum Gasteiger partial charge on any atom is -0.480 e. The average molecular weight is 548 g/mol. The molecule has 6 rings (SSSR count). The summed E-state index contributed by atoms with van der Waals surface area (Å²) in [5.41, 5.74) is 2.24. The maximum absolute atomic E-state index is 13.2. The summed E-state index contributed by atoms with van der Waals surface area (Å²) < 4.78 is 47.7. The molecule has 0 N–H and O–H groups in total. The van der Waals surface area contributed by atoms with Gasteiger partial charge in [-0.1, -0.05) is 12.1 Å². The van der Waals surface area contributed by atoms with Gasteiger partial charge in [0, 0.05) is 29.3 Å². The SMILES string of the molecule is COc1ncnc(C2CC2)c1-c1ncc2ccc(=O)n([C@H](C)c3ccc(-n4nc(C(F)(F)F)cc4C)cc3)c2n1. The summed E-state index contributed by atoms with van der Waals surface area (Å²) >= 11 is 0. The molecule has 0 aliphatic heterocycles. The summed E-state index contributed by atoms with van der Waals surface area (Å²) in [6.07, 6.45) is 0.608. The Bertz CT molecular complexity index is 1790. The van der Waals surface area contributed by atoms with Gasteiger partial charge in [0.1, 0.15) is 17.5 Å². The number of aryl methyl sites for hydroxylation is 1. The fourth-order valence-electron chi connectivity index (χ4n) is 4.86. The molecule has 1 fully saturated rings. The molecule has 1 saturated carbocycles. The second-order valence-electron chi connectivity index (χ2n) is 9.78. The van der Waals surface area contributed by atoms with Crippen molar-refractivity contribution in [2.24, 2.45) is 0 Å². The fourth-order valence-corrected chi connectivity index (χ4v) is 4.86. The average Bonchev–Trinajstić information content (AvgIpc) is 3.72. The number of methoxy groups -OCH3 is 1. The number of alkyl halides is 3. The second-order valence-corrected chi connectivity index (χ2v) is 9.78. The van der Waals surface area contributed by atoms with Crippen molar-refractivity contribution in [3.8, 4) is 23.0 Å². The molecule has 1 aromatic carbocycles. The van der Waals surface area contributed by atoms with E-state index in [4.69, 9.17) is 9.72 Å². The molecule has 5 aromatic rings. The van der Waals surface area contributed by atoms with E-state index in [0.717, 1.165) is 30.2 Å². The van der Waals surface area contributed by atoms with E-state index < -0.39 is 17.9 Å². The number of fused-ring (bicyclic) bond motifs is 1. The third-order valence-electron chi connectivity index (χ3n) is 7.08. The Kier molecular flexibility index (Phi) is 6.12. The van der Waals surface area contributed by atoms with Gasteiger partial charge in [-0.2, -0.15) is 18.3 Å². The van der Waals surface area contributed by atoms with Gasteiger partial charge >= 0.3 is 6.18 Å². The molecule has 0 saturated heterocycles. The Morgan fingerprint density at radius 1 is 1.05 bits per heavy atom. The largest absolute Gasteiger partial charge is 0.480 e. The first kappa shape index (κ1) is 25.7. The summed E-state index contributed by atoms with van der Waals surface area (Å²) in [6.45, 7) is 3.42. The molecule has 9 nitrogen and oxygen atoms in total. The molecule has 1 atom stereocenters. The van der Waals surface area contributed by atoms with Crippen molar-refractivity contribution in [1.82, 2.24) is 34.3 Å². The van der Waals surface area contributed by atoms with Crippen LogP contribution in [0.4, 0.5) is 13.2 Å². The van der Waals surface area contributed by atoms with Crippen LogP contribution in [0.15, 0.2) is 59.8 Å². The predicted molar refractivity (Wildman–Crippen MR) is 140 cm³/mol. The standard InChI is InChI=1S/C28H24F3N7O2/c1-15-12-21(28(29,30)31)36-38(15)20-9-6-17(7-10-20)16(2)37-22(39)11-8-19-13-32-25(35-26(19)37)23-24(18-4-5-18)33-14-34-27(23)40-3/h6-14,16,18H,4-5H2,1-3H3/t16-/m1/s1. The van der Waals surface area contributed by atoms with Crippen molar-refractivity contribution < 1.29 is 17.9 Å². The highest BCUT2D eigenvalue weighted by Gasteiger charge is 2.35. The Morgan fingerprint density at radius 2 is 1.80 bits per heavy atom. The van der Waals surface area contributed by atoms with E-state index in [1.54, 1.807) is 48.0 Å². The lowest BCUT2D eigenvalue weighted by atomic mass is 10.1. The first-order chi connectivity index (χ1) is 19.2. The van der Waals surface area contributed by atoms with E-state index in [9.17, 15) is 18.0 Å². The lowest BCUT2D eigenvalue weighted by Crippen LogP contribution is -2.24. The number of aromatic nitrogens is 7. The highest BCUT2D eigenvalue weighted by atomic mass is 19.4. The zero-order valence-corrected chi connectivity index (χ0v) is 21.8. The lowest BCUT2D eigenvalue weighted by molar-refractivity contribution is -0.141. The Hall–Kier alpha value is -4.61. The predicted octanol–water partition coefficient (Wildman–Crippen LogP) is 5.26. The molecular weight excluding hydrogens is 523 g/mol. The first-order valence-electron chi connectivity index (χ1n) is 12.7. The molecule has 1 aliphatic carbocycles. The number of halogens is 3. The van der Waals surface area contributed by atoms with Crippen LogP contribution in [0.3, 0.4) is 0 Å². The van der Waals surface area contributed by atoms with Crippen molar-refractivity contribution in [2.75, 3.05) is 7.11 Å². The number of ether oxygens (including phenoxy) is 1. The van der Waals surface area contributed by atoms with E-state index >= 15 is 0 Å². The van der Waals surface area contributed by atoms with Gasteiger partial charge < -0.3 is 4.74 Å². The summed E-state index contributed by atoms with van der Waals surface area (Å²) in [5, 5.41) is 4.38. The van der Waals surface area contributed by atoms with Gasteiger partial charge in [0.15, 0.2) is 11.5 Å². The second kappa shape index (κ2) is 9.54. The van der Waals surface area contributed by atoms with E-state index in [0.29, 0.717) is 39.7 Å². The number of hydrogen-bond acceptors (Lipinski definition) is 7. The van der Waals surface area contributed by atoms with Crippen LogP contribution in [0, 0.1) is 6.92 Å². The summed E-state index contributed by atoms with van der Waals surface area (Å²) in [6, 6.07) is 10.6. The lowest BCUT2D eigenvalue weighted by Gasteiger charge is -2.19. The van der Waals surface area contributed by atoms with E-state index in [1.807, 2.05) is 6.92 Å². The number of hydrogen-bond donors (Lipinski definition) is 0. The van der Waals surface area contributed by atoms with Gasteiger partial charge in [-0.05, 0) is 56.5 Å². The van der Waals surface area contributed by atoms with Crippen LogP contribution in [0.25, 0.3) is 28.1 Å². The van der Waals surface area contributed by atoms with Crippen molar-refractivity contribution >= 4 is 11.0 Å². The molecule has 0 radical (unpaired) electrons. The summed E-state index contributed by atoms with van der Waals surface area (Å²) in [5.74, 6) is 1.02. The third kappa shape index (κ3) is 4.48. The molecule has 4 aromatic heterocycles. The van der Waals surface area contributed by atoms with Gasteiger partial charge in [0.25, 0.3) is 5.56 Å². The quantitative estimate of drug-likeness (QED) is 0.286. The monoisotopic (exact) mass is 547 g/mol. The minimum absolute atomic E-state index is 0.259. The van der Waals surface area contributed by atoms with E-state index in [1.165, 1.54) is 24.2 Å². The van der Waals surface area contributed by atoms with Gasteiger partial charge in [0.2, 0.25) is 5.88 Å². The van der Waals surface area contributed by atoms with Gasteiger partial charge in [-0.15, -0.1) is 0 Å². The highest BCUT2D eigenvalue weighted by molar-refractivity contribution is 5.78. The number of rotatable bonds is 6. The number of nitrogens with zero attached hydrogens (tertiary/aromatic N) is 7. The zero-order chi connectivity index (χ0) is 28.2. The topological polar surface area (TPSA) is 101 Å². The van der Waals surface area contributed by atoms with E-state index in [2.05, 4.69) is 20.1 Å². The molecule has 12 heteroatoms. The Balaban J connectivity index is 1.41. The molecule has 0 amide bonds. The van der Waals surface area contributed by atoms with Crippen LogP contribution in [-0.2, 0) is 6.18 Å². The zero-order valence-electron chi connectivity index (χ0n) is 21.8. The fraction of sp³-hybridized carbons (Fsp3) is 0.286. The number of benzene rings is 1. The number of pyridine rings is 1. The van der Waals surface area contributed by atoms with Crippen LogP contribution in [0.1, 0.15) is 54.4 Å². The van der Waals surface area contributed by atoms with Gasteiger partial charge in [-0.25, -0.2) is 24.6 Å². The van der Waals surface area contributed by atoms with Crippen molar-refractivity contribution in [1.29, 1.82) is 0 Å². The van der Waals surface area contributed by atoms with Gasteiger partial charge in [-0.3, -0.25) is 9.36 Å². The molecule has 204 valence electrons. The van der Waals surface area contributed by atoms with E-state index in [-0.39, 0.29) is 11.5 Å². The molecule has 4 heterocycles. The van der Waals surface area contributed by atoms with Crippen LogP contribution in [0.5, 0.6) is 5.88 Å². The third-order valence-corrected chi connectivity index (χ3v) is 7.08. The first-order valence-corrected chi connectivity index (χ1v) is 12.7. The highest BCUT2D eigenvalue weighted by Crippen LogP contribution is 2.45. The van der Waals surface area contributed by atoms with Gasteiger partial charge in [0.05, 0.1) is 24.5 Å². The van der Waals surface area contributed by atoms with Crippen LogP contribution in [-0.4, -0.2) is 41.4 Å². The molecule has 1 aliphatic rings. The molecule has 0 bridgehead atoms. The van der Waals surface area contributed by atoms with Crippen LogP contribution < -0.4 is 10.3 Å². The summed E-state index contributed by atoms with van der Waals surface area (Å²) in [7, 11) is 1.53. The van der Waals surface area contributed by atoms with Crippen molar-refractivity contribution in [3.63, 3.8) is 0 Å². The summed E-state index contributed by atoms with van der Waals surface area (Å²) in [4.78, 5) is 31.3. The van der Waals surface area contributed by atoms with Crippen LogP contribution >= 0.6 is 0 Å². The Morgan fingerprint density at radius 3 is 2.45 bits per heavy atom. The van der Waals surface area contributed by atoms with Crippen LogP contribution in [0.2, 0.25) is 0 Å².